The lowest BCUT2D eigenvalue weighted by Gasteiger charge is -2.36. The number of ether oxygens (including phenoxy) is 1. The van der Waals surface area contributed by atoms with Gasteiger partial charge in [0.2, 0.25) is 11.7 Å². The number of nitrogens with one attached hydrogen (secondary N) is 2. The first-order valence-electron chi connectivity index (χ1n) is 17.0. The van der Waals surface area contributed by atoms with Gasteiger partial charge in [-0.05, 0) is 49.7 Å². The van der Waals surface area contributed by atoms with Gasteiger partial charge in [0, 0.05) is 50.4 Å². The zero-order valence-corrected chi connectivity index (χ0v) is 29.8. The van der Waals surface area contributed by atoms with E-state index in [0.717, 1.165) is 28.3 Å². The fraction of sp³-hybridized carbons (Fsp3) is 0.343. The number of halogens is 4. The predicted molar refractivity (Wildman–Crippen MR) is 191 cm³/mol. The fourth-order valence-corrected chi connectivity index (χ4v) is 6.77. The summed E-state index contributed by atoms with van der Waals surface area (Å²) in [6, 6.07) is 8.08. The van der Waals surface area contributed by atoms with E-state index >= 15 is 0 Å². The van der Waals surface area contributed by atoms with Gasteiger partial charge < -0.3 is 34.8 Å². The van der Waals surface area contributed by atoms with Gasteiger partial charge in [0.05, 0.1) is 27.7 Å². The molecule has 3 N–H and O–H groups in total. The molecule has 282 valence electrons. The van der Waals surface area contributed by atoms with E-state index < -0.39 is 35.7 Å². The second-order valence-electron chi connectivity index (χ2n) is 12.7. The number of aromatic hydroxyl groups is 1. The summed E-state index contributed by atoms with van der Waals surface area (Å²) in [5, 5.41) is 20.6. The Balaban J connectivity index is 1.26. The van der Waals surface area contributed by atoms with E-state index in [4.69, 9.17) is 21.3 Å². The standard InChI is InChI=1S/C35H34ClF3N10O5/c1-3-25-29(46-9-11-47(12-10-46)32(52)28-30(51)19(2)41-18-42-28)33(53)49-34(44-31(45-49)20-4-7-26-21(14-20)16-40-8-13-54-26)48(25)17-27(50)43-24-6-5-22(15-23(24)36)35(37,38)39/h4-7,14-15,18,40,51H,3,8-13,16-17H2,1-2H3,(H,43,50). The molecule has 2 aliphatic heterocycles. The molecule has 2 aromatic carbocycles. The smallest absolute Gasteiger partial charge is 0.416 e. The van der Waals surface area contributed by atoms with Gasteiger partial charge in [0.1, 0.15) is 30.9 Å². The molecule has 1 fully saturated rings. The van der Waals surface area contributed by atoms with Crippen LogP contribution in [-0.2, 0) is 30.5 Å². The number of aromatic nitrogens is 6. The normalized spacial score (nSPS) is 14.8. The number of amides is 2. The van der Waals surface area contributed by atoms with Gasteiger partial charge in [-0.3, -0.25) is 14.4 Å². The van der Waals surface area contributed by atoms with Crippen LogP contribution in [0.25, 0.3) is 17.2 Å². The molecular weight excluding hydrogens is 733 g/mol. The molecule has 0 spiro atoms. The van der Waals surface area contributed by atoms with Crippen LogP contribution in [0.2, 0.25) is 5.02 Å². The molecule has 19 heteroatoms. The topological polar surface area (TPSA) is 172 Å². The fourth-order valence-electron chi connectivity index (χ4n) is 6.54. The van der Waals surface area contributed by atoms with Gasteiger partial charge in [0.15, 0.2) is 17.3 Å². The molecule has 15 nitrogen and oxygen atoms in total. The SMILES string of the molecule is CCc1c(N2CCN(C(=O)c3ncnc(C)c3O)CC2)c(=O)n2nc(-c3ccc4c(c3)CNCCO4)nc2n1CC(=O)Nc1ccc(C(F)(F)F)cc1Cl. The van der Waals surface area contributed by atoms with Crippen molar-refractivity contribution in [1.29, 1.82) is 0 Å². The third-order valence-corrected chi connectivity index (χ3v) is 9.61. The maximum Gasteiger partial charge on any atom is 0.416 e. The summed E-state index contributed by atoms with van der Waals surface area (Å²) in [6.45, 7) is 5.50. The van der Waals surface area contributed by atoms with Crippen LogP contribution in [0.4, 0.5) is 24.5 Å². The van der Waals surface area contributed by atoms with Crippen LogP contribution >= 0.6 is 11.6 Å². The maximum absolute atomic E-state index is 14.4. The van der Waals surface area contributed by atoms with Gasteiger partial charge in [0.25, 0.3) is 11.5 Å². The van der Waals surface area contributed by atoms with Crippen molar-refractivity contribution in [3.8, 4) is 22.9 Å². The number of hydrogen-bond donors (Lipinski definition) is 3. The molecule has 0 aliphatic carbocycles. The number of fused-ring (bicyclic) bond motifs is 2. The highest BCUT2D eigenvalue weighted by molar-refractivity contribution is 6.33. The van der Waals surface area contributed by atoms with Crippen LogP contribution in [0, 0.1) is 6.92 Å². The third-order valence-electron chi connectivity index (χ3n) is 9.29. The molecule has 1 saturated heterocycles. The molecule has 5 heterocycles. The number of anilines is 2. The van der Waals surface area contributed by atoms with Gasteiger partial charge in [-0.1, -0.05) is 18.5 Å². The molecule has 0 bridgehead atoms. The van der Waals surface area contributed by atoms with Gasteiger partial charge in [-0.2, -0.15) is 22.7 Å². The van der Waals surface area contributed by atoms with E-state index in [1.165, 1.54) is 11.2 Å². The number of aryl methyl sites for hydroxylation is 1. The lowest BCUT2D eigenvalue weighted by molar-refractivity contribution is -0.137. The van der Waals surface area contributed by atoms with Crippen molar-refractivity contribution in [1.82, 2.24) is 39.3 Å². The minimum atomic E-state index is -4.62. The van der Waals surface area contributed by atoms with Crippen molar-refractivity contribution >= 4 is 40.6 Å². The molecular formula is C35H34ClF3N10O5. The number of carbonyl (C=O) groups excluding carboxylic acids is 2. The van der Waals surface area contributed by atoms with E-state index in [-0.39, 0.29) is 77.7 Å². The largest absolute Gasteiger partial charge is 0.504 e. The average molecular weight is 767 g/mol. The van der Waals surface area contributed by atoms with E-state index in [0.29, 0.717) is 36.7 Å². The van der Waals surface area contributed by atoms with Crippen molar-refractivity contribution in [3.05, 3.63) is 86.3 Å². The van der Waals surface area contributed by atoms with E-state index in [1.807, 2.05) is 24.0 Å². The first kappa shape index (κ1) is 36.6. The molecule has 0 radical (unpaired) electrons. The summed E-state index contributed by atoms with van der Waals surface area (Å²) in [5.41, 5.74) is 0.825. The van der Waals surface area contributed by atoms with Crippen LogP contribution in [0.5, 0.6) is 11.5 Å². The number of piperazine rings is 1. The lowest BCUT2D eigenvalue weighted by Crippen LogP contribution is -2.51. The Morgan fingerprint density at radius 3 is 2.59 bits per heavy atom. The molecule has 5 aromatic rings. The van der Waals surface area contributed by atoms with E-state index in [9.17, 15) is 32.7 Å². The van der Waals surface area contributed by atoms with Crippen molar-refractivity contribution < 1.29 is 32.6 Å². The summed E-state index contributed by atoms with van der Waals surface area (Å²) < 4.78 is 48.3. The van der Waals surface area contributed by atoms with Crippen LogP contribution in [0.15, 0.2) is 47.5 Å². The van der Waals surface area contributed by atoms with Gasteiger partial charge >= 0.3 is 6.18 Å². The summed E-state index contributed by atoms with van der Waals surface area (Å²) in [5.74, 6) is -0.435. The number of rotatable bonds is 7. The van der Waals surface area contributed by atoms with E-state index in [2.05, 4.69) is 25.7 Å². The van der Waals surface area contributed by atoms with Crippen molar-refractivity contribution in [2.75, 3.05) is 49.5 Å². The second-order valence-corrected chi connectivity index (χ2v) is 13.1. The number of nitrogens with zero attached hydrogens (tertiary/aromatic N) is 8. The molecule has 0 atom stereocenters. The minimum absolute atomic E-state index is 0.0290. The van der Waals surface area contributed by atoms with E-state index in [1.54, 1.807) is 17.6 Å². The predicted octanol–water partition coefficient (Wildman–Crippen LogP) is 3.68. The van der Waals surface area contributed by atoms with Gasteiger partial charge in [-0.25, -0.2) is 9.97 Å². The van der Waals surface area contributed by atoms with Crippen molar-refractivity contribution in [2.24, 2.45) is 0 Å². The Bertz CT molecular complexity index is 2340. The number of alkyl halides is 3. The quantitative estimate of drug-likeness (QED) is 0.221. The molecule has 54 heavy (non-hydrogen) atoms. The lowest BCUT2D eigenvalue weighted by atomic mass is 10.1. The number of carbonyl (C=O) groups is 2. The Morgan fingerprint density at radius 2 is 1.87 bits per heavy atom. The summed E-state index contributed by atoms with van der Waals surface area (Å²) in [6.07, 6.45) is -3.15. The molecule has 3 aromatic heterocycles. The molecule has 2 aliphatic rings. The highest BCUT2D eigenvalue weighted by Gasteiger charge is 2.32. The van der Waals surface area contributed by atoms with Gasteiger partial charge in [-0.15, -0.1) is 5.10 Å². The number of hydrogen-bond acceptors (Lipinski definition) is 11. The third kappa shape index (κ3) is 7.01. The van der Waals surface area contributed by atoms with Crippen LogP contribution < -0.4 is 25.8 Å². The van der Waals surface area contributed by atoms with Crippen LogP contribution in [0.1, 0.15) is 39.9 Å². The Hall–Kier alpha value is -5.75. The van der Waals surface area contributed by atoms with Crippen LogP contribution in [-0.4, -0.2) is 90.3 Å². The monoisotopic (exact) mass is 766 g/mol. The second kappa shape index (κ2) is 14.6. The molecule has 0 saturated carbocycles. The van der Waals surface area contributed by atoms with Crippen molar-refractivity contribution in [2.45, 2.75) is 39.5 Å². The van der Waals surface area contributed by atoms with Crippen LogP contribution in [0.3, 0.4) is 0 Å². The zero-order chi connectivity index (χ0) is 38.3. The van der Waals surface area contributed by atoms with Crippen molar-refractivity contribution in [3.63, 3.8) is 0 Å². The summed E-state index contributed by atoms with van der Waals surface area (Å²) in [4.78, 5) is 57.2. The average Bonchev–Trinajstić information content (AvgIpc) is 3.47. The Kier molecular flexibility index (Phi) is 9.88. The zero-order valence-electron chi connectivity index (χ0n) is 29.1. The highest BCUT2D eigenvalue weighted by Crippen LogP contribution is 2.34. The maximum atomic E-state index is 14.4. The summed E-state index contributed by atoms with van der Waals surface area (Å²) >= 11 is 6.15. The first-order valence-corrected chi connectivity index (χ1v) is 17.4. The molecule has 7 rings (SSSR count). The number of benzene rings is 2. The molecule has 0 unspecified atom stereocenters. The highest BCUT2D eigenvalue weighted by atomic mass is 35.5. The summed E-state index contributed by atoms with van der Waals surface area (Å²) in [7, 11) is 0. The minimum Gasteiger partial charge on any atom is -0.504 e. The molecule has 2 amide bonds. The Labute approximate surface area is 310 Å². The first-order chi connectivity index (χ1) is 25.8. The Morgan fingerprint density at radius 1 is 1.09 bits per heavy atom.